The third kappa shape index (κ3) is 5.52. The van der Waals surface area contributed by atoms with Crippen molar-refractivity contribution in [2.45, 2.75) is 19.3 Å². The van der Waals surface area contributed by atoms with E-state index in [1.165, 1.54) is 0 Å². The Balaban J connectivity index is 0.000000677. The van der Waals surface area contributed by atoms with Crippen LogP contribution in [0.25, 0.3) is 6.08 Å². The van der Waals surface area contributed by atoms with Gasteiger partial charge >= 0.3 is 0 Å². The summed E-state index contributed by atoms with van der Waals surface area (Å²) in [6, 6.07) is 5.87. The van der Waals surface area contributed by atoms with Crippen LogP contribution in [0, 0.1) is 5.92 Å². The van der Waals surface area contributed by atoms with Crippen LogP contribution in [0.3, 0.4) is 0 Å². The molecule has 0 saturated heterocycles. The molecule has 0 radical (unpaired) electrons. The lowest BCUT2D eigenvalue weighted by atomic mass is 9.95. The fourth-order valence-corrected chi connectivity index (χ4v) is 2.38. The first-order valence-corrected chi connectivity index (χ1v) is 7.53. The lowest BCUT2D eigenvalue weighted by Crippen LogP contribution is -2.14. The Kier molecular flexibility index (Phi) is 8.09. The average molecular weight is 311 g/mol. The normalized spacial score (nSPS) is 16.6. The molecule has 1 aromatic rings. The lowest BCUT2D eigenvalue weighted by Gasteiger charge is -2.09. The van der Waals surface area contributed by atoms with Crippen molar-refractivity contribution in [2.24, 2.45) is 5.92 Å². The predicted molar refractivity (Wildman–Crippen MR) is 87.1 cm³/mol. The number of Topliss-reactive ketones (excluding diaryl/α,β-unsaturated/α-hetero) is 1. The van der Waals surface area contributed by atoms with Gasteiger partial charge in [0, 0.05) is 32.4 Å². The first kappa shape index (κ1) is 17.7. The molecule has 1 aliphatic rings. The standard InChI is InChI=1S/C15H17ClO2.C2H6O/c1-18-14-7-6-11-4-5-12(3-2-8-16)15(17)10-13(11)9-14;1-3-2/h4-7,9,12H,2-3,8,10H2,1H3;1-2H3. The van der Waals surface area contributed by atoms with Gasteiger partial charge in [-0.2, -0.15) is 0 Å². The van der Waals surface area contributed by atoms with Crippen molar-refractivity contribution in [3.05, 3.63) is 35.4 Å². The van der Waals surface area contributed by atoms with Crippen LogP contribution in [-0.2, 0) is 16.0 Å². The van der Waals surface area contributed by atoms with E-state index < -0.39 is 0 Å². The van der Waals surface area contributed by atoms with E-state index in [2.05, 4.69) is 4.74 Å². The minimum absolute atomic E-state index is 0.00199. The van der Waals surface area contributed by atoms with Gasteiger partial charge in [0.1, 0.15) is 11.5 Å². The highest BCUT2D eigenvalue weighted by Gasteiger charge is 2.19. The molecule has 0 amide bonds. The van der Waals surface area contributed by atoms with Gasteiger partial charge in [-0.3, -0.25) is 4.79 Å². The summed E-state index contributed by atoms with van der Waals surface area (Å²) < 4.78 is 9.45. The van der Waals surface area contributed by atoms with Gasteiger partial charge in [0.2, 0.25) is 0 Å². The molecular formula is C17H23ClO3. The van der Waals surface area contributed by atoms with Gasteiger partial charge in [-0.1, -0.05) is 18.2 Å². The molecule has 1 aliphatic carbocycles. The highest BCUT2D eigenvalue weighted by Crippen LogP contribution is 2.26. The second-order valence-electron chi connectivity index (χ2n) is 4.91. The molecule has 2 rings (SSSR count). The molecule has 1 atom stereocenters. The van der Waals surface area contributed by atoms with Crippen LogP contribution in [-0.4, -0.2) is 33.0 Å². The zero-order chi connectivity index (χ0) is 15.7. The molecule has 0 aromatic heterocycles. The van der Waals surface area contributed by atoms with Crippen molar-refractivity contribution in [1.82, 2.24) is 0 Å². The number of carbonyl (C=O) groups excluding carboxylic acids is 1. The van der Waals surface area contributed by atoms with Crippen LogP contribution in [0.4, 0.5) is 0 Å². The smallest absolute Gasteiger partial charge is 0.144 e. The first-order chi connectivity index (χ1) is 10.2. The number of hydrogen-bond donors (Lipinski definition) is 0. The third-order valence-corrected chi connectivity index (χ3v) is 3.55. The second kappa shape index (κ2) is 9.59. The summed E-state index contributed by atoms with van der Waals surface area (Å²) in [4.78, 5) is 12.1. The van der Waals surface area contributed by atoms with Crippen LogP contribution in [0.1, 0.15) is 24.0 Å². The van der Waals surface area contributed by atoms with Crippen LogP contribution in [0.2, 0.25) is 0 Å². The summed E-state index contributed by atoms with van der Waals surface area (Å²) in [5, 5.41) is 0. The van der Waals surface area contributed by atoms with Crippen molar-refractivity contribution >= 4 is 23.5 Å². The first-order valence-electron chi connectivity index (χ1n) is 7.00. The van der Waals surface area contributed by atoms with E-state index in [1.54, 1.807) is 21.3 Å². The summed E-state index contributed by atoms with van der Waals surface area (Å²) in [5.74, 6) is 1.68. The van der Waals surface area contributed by atoms with E-state index in [0.717, 1.165) is 29.7 Å². The summed E-state index contributed by atoms with van der Waals surface area (Å²) in [7, 11) is 4.89. The zero-order valence-electron chi connectivity index (χ0n) is 12.9. The Labute approximate surface area is 131 Å². The molecule has 1 aromatic carbocycles. The van der Waals surface area contributed by atoms with Crippen LogP contribution >= 0.6 is 11.6 Å². The molecule has 0 fully saturated rings. The summed E-state index contributed by atoms with van der Waals surface area (Å²) in [5.41, 5.74) is 2.15. The number of halogens is 1. The average Bonchev–Trinajstić information content (AvgIpc) is 2.63. The number of ether oxygens (including phenoxy) is 2. The fraction of sp³-hybridized carbons (Fsp3) is 0.471. The molecule has 0 bridgehead atoms. The Hall–Kier alpha value is -1.32. The van der Waals surface area contributed by atoms with Gasteiger partial charge in [-0.15, -0.1) is 11.6 Å². The minimum atomic E-state index is 0.00199. The number of benzene rings is 1. The molecule has 0 heterocycles. The number of alkyl halides is 1. The predicted octanol–water partition coefficient (Wildman–Crippen LogP) is 3.73. The molecule has 0 aliphatic heterocycles. The van der Waals surface area contributed by atoms with Crippen molar-refractivity contribution in [1.29, 1.82) is 0 Å². The highest BCUT2D eigenvalue weighted by molar-refractivity contribution is 6.17. The number of carbonyl (C=O) groups is 1. The Bertz CT molecular complexity index is 483. The molecule has 21 heavy (non-hydrogen) atoms. The topological polar surface area (TPSA) is 35.5 Å². The quantitative estimate of drug-likeness (QED) is 0.795. The molecule has 3 nitrogen and oxygen atoms in total. The largest absolute Gasteiger partial charge is 0.497 e. The van der Waals surface area contributed by atoms with Gasteiger partial charge in [0.15, 0.2) is 0 Å². The number of allylic oxidation sites excluding steroid dienone is 1. The van der Waals surface area contributed by atoms with Crippen molar-refractivity contribution in [2.75, 3.05) is 27.2 Å². The Morgan fingerprint density at radius 2 is 2.00 bits per heavy atom. The van der Waals surface area contributed by atoms with Crippen LogP contribution in [0.5, 0.6) is 5.75 Å². The molecule has 1 unspecified atom stereocenters. The number of fused-ring (bicyclic) bond motifs is 1. The lowest BCUT2D eigenvalue weighted by molar-refractivity contribution is -0.120. The van der Waals surface area contributed by atoms with Crippen LogP contribution in [0.15, 0.2) is 24.3 Å². The van der Waals surface area contributed by atoms with Crippen molar-refractivity contribution in [3.63, 3.8) is 0 Å². The third-order valence-electron chi connectivity index (χ3n) is 3.29. The monoisotopic (exact) mass is 310 g/mol. The molecular weight excluding hydrogens is 288 g/mol. The van der Waals surface area contributed by atoms with Gasteiger partial charge < -0.3 is 9.47 Å². The van der Waals surface area contributed by atoms with Gasteiger partial charge in [0.25, 0.3) is 0 Å². The maximum absolute atomic E-state index is 12.1. The van der Waals surface area contributed by atoms with Crippen molar-refractivity contribution in [3.8, 4) is 5.75 Å². The minimum Gasteiger partial charge on any atom is -0.497 e. The molecule has 0 spiro atoms. The molecule has 0 saturated carbocycles. The summed E-state index contributed by atoms with van der Waals surface area (Å²) >= 11 is 5.69. The molecule has 4 heteroatoms. The summed E-state index contributed by atoms with van der Waals surface area (Å²) in [6.45, 7) is 0. The van der Waals surface area contributed by atoms with Crippen molar-refractivity contribution < 1.29 is 14.3 Å². The number of rotatable bonds is 4. The number of hydrogen-bond acceptors (Lipinski definition) is 3. The van der Waals surface area contributed by atoms with Gasteiger partial charge in [0.05, 0.1) is 7.11 Å². The zero-order valence-corrected chi connectivity index (χ0v) is 13.7. The number of methoxy groups -OCH3 is 2. The van der Waals surface area contributed by atoms with E-state index in [9.17, 15) is 4.79 Å². The van der Waals surface area contributed by atoms with E-state index in [0.29, 0.717) is 12.3 Å². The fourth-order valence-electron chi connectivity index (χ4n) is 2.22. The Morgan fingerprint density at radius 1 is 1.29 bits per heavy atom. The SMILES string of the molecule is COC.COc1ccc2c(c1)CC(=O)C(CCCCl)C=C2. The van der Waals surface area contributed by atoms with Gasteiger partial charge in [-0.25, -0.2) is 0 Å². The van der Waals surface area contributed by atoms with E-state index in [4.69, 9.17) is 16.3 Å². The number of ketones is 1. The second-order valence-corrected chi connectivity index (χ2v) is 5.29. The summed E-state index contributed by atoms with van der Waals surface area (Å²) in [6.07, 6.45) is 6.24. The molecule has 0 N–H and O–H groups in total. The maximum Gasteiger partial charge on any atom is 0.144 e. The van der Waals surface area contributed by atoms with E-state index in [-0.39, 0.29) is 11.7 Å². The highest BCUT2D eigenvalue weighted by atomic mass is 35.5. The van der Waals surface area contributed by atoms with E-state index in [1.807, 2.05) is 30.4 Å². The Morgan fingerprint density at radius 3 is 2.62 bits per heavy atom. The van der Waals surface area contributed by atoms with Gasteiger partial charge in [-0.05, 0) is 36.1 Å². The van der Waals surface area contributed by atoms with E-state index >= 15 is 0 Å². The molecule has 116 valence electrons. The maximum atomic E-state index is 12.1. The van der Waals surface area contributed by atoms with Crippen LogP contribution < -0.4 is 4.74 Å².